The number of nitrogens with zero attached hydrogens (tertiary/aromatic N) is 2. The van der Waals surface area contributed by atoms with Crippen LogP contribution in [0.2, 0.25) is 0 Å². The molecule has 148 valence electrons. The molecule has 1 atom stereocenters. The first-order valence-electron chi connectivity index (χ1n) is 9.94. The van der Waals surface area contributed by atoms with Crippen molar-refractivity contribution in [2.24, 2.45) is 5.92 Å². The van der Waals surface area contributed by atoms with Crippen LogP contribution in [0.5, 0.6) is 5.75 Å². The zero-order valence-electron chi connectivity index (χ0n) is 16.4. The van der Waals surface area contributed by atoms with Crippen molar-refractivity contribution in [2.75, 3.05) is 39.9 Å². The highest BCUT2D eigenvalue weighted by atomic mass is 16.5. The van der Waals surface area contributed by atoms with Gasteiger partial charge in [0.05, 0.1) is 26.2 Å². The average molecular weight is 374 g/mol. The summed E-state index contributed by atoms with van der Waals surface area (Å²) in [5.41, 5.74) is 1.21. The maximum atomic E-state index is 12.8. The van der Waals surface area contributed by atoms with Gasteiger partial charge in [0.15, 0.2) is 0 Å². The van der Waals surface area contributed by atoms with Crippen LogP contribution in [0, 0.1) is 5.92 Å². The van der Waals surface area contributed by atoms with Crippen LogP contribution in [0.4, 0.5) is 0 Å². The van der Waals surface area contributed by atoms with Crippen LogP contribution in [-0.4, -0.2) is 61.6 Å². The molecule has 0 aliphatic carbocycles. The number of ether oxygens (including phenoxy) is 2. The Balaban J connectivity index is 1.55. The van der Waals surface area contributed by atoms with Gasteiger partial charge in [-0.3, -0.25) is 14.5 Å². The summed E-state index contributed by atoms with van der Waals surface area (Å²) >= 11 is 0. The topological polar surface area (TPSA) is 59.1 Å². The molecule has 27 heavy (non-hydrogen) atoms. The van der Waals surface area contributed by atoms with E-state index < -0.39 is 0 Å². The normalized spacial score (nSPS) is 21.3. The van der Waals surface area contributed by atoms with Gasteiger partial charge < -0.3 is 14.4 Å². The van der Waals surface area contributed by atoms with Crippen LogP contribution in [0.1, 0.15) is 44.2 Å². The lowest BCUT2D eigenvalue weighted by Crippen LogP contribution is -2.45. The Kier molecular flexibility index (Phi) is 6.72. The smallest absolute Gasteiger partial charge is 0.309 e. The van der Waals surface area contributed by atoms with Crippen molar-refractivity contribution in [2.45, 2.75) is 38.6 Å². The van der Waals surface area contributed by atoms with Crippen LogP contribution in [0.3, 0.4) is 0 Å². The van der Waals surface area contributed by atoms with Gasteiger partial charge in [0.2, 0.25) is 5.91 Å². The lowest BCUT2D eigenvalue weighted by molar-refractivity contribution is -0.151. The quantitative estimate of drug-likeness (QED) is 0.717. The van der Waals surface area contributed by atoms with Crippen molar-refractivity contribution in [3.8, 4) is 5.75 Å². The first-order valence-corrected chi connectivity index (χ1v) is 9.94. The number of benzene rings is 1. The van der Waals surface area contributed by atoms with E-state index in [0.29, 0.717) is 39.1 Å². The van der Waals surface area contributed by atoms with E-state index in [2.05, 4.69) is 17.0 Å². The third-order valence-corrected chi connectivity index (χ3v) is 5.65. The third-order valence-electron chi connectivity index (χ3n) is 5.65. The largest absolute Gasteiger partial charge is 0.497 e. The molecule has 2 aliphatic heterocycles. The van der Waals surface area contributed by atoms with E-state index in [1.165, 1.54) is 5.56 Å². The lowest BCUT2D eigenvalue weighted by atomic mass is 9.97. The van der Waals surface area contributed by atoms with E-state index >= 15 is 0 Å². The van der Waals surface area contributed by atoms with Gasteiger partial charge >= 0.3 is 5.97 Å². The summed E-state index contributed by atoms with van der Waals surface area (Å²) in [5, 5.41) is 0. The highest BCUT2D eigenvalue weighted by Crippen LogP contribution is 2.33. The fourth-order valence-electron chi connectivity index (χ4n) is 4.14. The predicted molar refractivity (Wildman–Crippen MR) is 102 cm³/mol. The Bertz CT molecular complexity index is 655. The molecule has 0 radical (unpaired) electrons. The molecule has 0 aromatic heterocycles. The molecule has 1 aromatic rings. The number of carbonyl (C=O) groups excluding carboxylic acids is 2. The molecular formula is C21H30N2O4. The van der Waals surface area contributed by atoms with Crippen LogP contribution in [0.15, 0.2) is 24.3 Å². The number of piperidine rings is 1. The van der Waals surface area contributed by atoms with Gasteiger partial charge in [-0.15, -0.1) is 0 Å². The minimum atomic E-state index is -0.123. The van der Waals surface area contributed by atoms with Gasteiger partial charge in [0.25, 0.3) is 0 Å². The molecule has 1 amide bonds. The van der Waals surface area contributed by atoms with Crippen LogP contribution in [-0.2, 0) is 14.3 Å². The van der Waals surface area contributed by atoms with Gasteiger partial charge in [0.1, 0.15) is 5.75 Å². The van der Waals surface area contributed by atoms with Crippen molar-refractivity contribution in [3.63, 3.8) is 0 Å². The van der Waals surface area contributed by atoms with Crippen LogP contribution >= 0.6 is 0 Å². The van der Waals surface area contributed by atoms with Crippen LogP contribution in [0.25, 0.3) is 0 Å². The van der Waals surface area contributed by atoms with Crippen molar-refractivity contribution < 1.29 is 19.1 Å². The molecule has 0 spiro atoms. The minimum absolute atomic E-state index is 0.0645. The second kappa shape index (κ2) is 9.22. The third kappa shape index (κ3) is 4.80. The van der Waals surface area contributed by atoms with Crippen molar-refractivity contribution >= 4 is 11.9 Å². The fourth-order valence-corrected chi connectivity index (χ4v) is 4.14. The second-order valence-corrected chi connectivity index (χ2v) is 7.31. The van der Waals surface area contributed by atoms with E-state index in [1.807, 2.05) is 24.0 Å². The van der Waals surface area contributed by atoms with Gasteiger partial charge in [-0.2, -0.15) is 0 Å². The number of amides is 1. The minimum Gasteiger partial charge on any atom is -0.497 e. The SMILES string of the molecule is CCOC(=O)C1CCN(C(=O)CN2CCC[C@H]2c2cccc(OC)c2)CC1. The van der Waals surface area contributed by atoms with Crippen molar-refractivity contribution in [3.05, 3.63) is 29.8 Å². The maximum absolute atomic E-state index is 12.8. The van der Waals surface area contributed by atoms with E-state index in [-0.39, 0.29) is 23.8 Å². The predicted octanol–water partition coefficient (Wildman–Crippen LogP) is 2.63. The molecule has 6 heteroatoms. The molecule has 0 N–H and O–H groups in total. The Hall–Kier alpha value is -2.08. The first kappa shape index (κ1) is 19.7. The summed E-state index contributed by atoms with van der Waals surface area (Å²) in [6.07, 6.45) is 3.55. The van der Waals surface area contributed by atoms with E-state index in [9.17, 15) is 9.59 Å². The molecular weight excluding hydrogens is 344 g/mol. The molecule has 1 aromatic carbocycles. The Morgan fingerprint density at radius 2 is 1.93 bits per heavy atom. The summed E-state index contributed by atoms with van der Waals surface area (Å²) < 4.78 is 10.4. The molecule has 2 saturated heterocycles. The number of hydrogen-bond acceptors (Lipinski definition) is 5. The standard InChI is InChI=1S/C21H30N2O4/c1-3-27-21(25)16-9-12-22(13-10-16)20(24)15-23-11-5-8-19(23)17-6-4-7-18(14-17)26-2/h4,6-7,14,16,19H,3,5,8-13,15H2,1-2H3/t19-/m0/s1. The monoisotopic (exact) mass is 374 g/mol. The van der Waals surface area contributed by atoms with Crippen molar-refractivity contribution in [1.29, 1.82) is 0 Å². The Morgan fingerprint density at radius 1 is 1.15 bits per heavy atom. The summed E-state index contributed by atoms with van der Waals surface area (Å²) in [4.78, 5) is 28.8. The van der Waals surface area contributed by atoms with E-state index in [4.69, 9.17) is 9.47 Å². The number of rotatable bonds is 6. The van der Waals surface area contributed by atoms with Crippen LogP contribution < -0.4 is 4.74 Å². The lowest BCUT2D eigenvalue weighted by Gasteiger charge is -2.33. The molecule has 2 heterocycles. The van der Waals surface area contributed by atoms with E-state index in [0.717, 1.165) is 25.1 Å². The number of esters is 1. The maximum Gasteiger partial charge on any atom is 0.309 e. The number of hydrogen-bond donors (Lipinski definition) is 0. The second-order valence-electron chi connectivity index (χ2n) is 7.31. The Morgan fingerprint density at radius 3 is 2.63 bits per heavy atom. The number of methoxy groups -OCH3 is 1. The molecule has 2 aliphatic rings. The summed E-state index contributed by atoms with van der Waals surface area (Å²) in [6.45, 7) is 4.89. The van der Waals surface area contributed by atoms with Gasteiger partial charge in [0, 0.05) is 19.1 Å². The Labute approximate surface area is 161 Å². The molecule has 3 rings (SSSR count). The summed E-state index contributed by atoms with van der Waals surface area (Å²) in [6, 6.07) is 8.40. The van der Waals surface area contributed by atoms with Gasteiger partial charge in [-0.25, -0.2) is 0 Å². The molecule has 2 fully saturated rings. The average Bonchev–Trinajstić information content (AvgIpc) is 3.16. The fraction of sp³-hybridized carbons (Fsp3) is 0.619. The molecule has 0 unspecified atom stereocenters. The molecule has 6 nitrogen and oxygen atoms in total. The van der Waals surface area contributed by atoms with Gasteiger partial charge in [-0.05, 0) is 56.8 Å². The summed E-state index contributed by atoms with van der Waals surface area (Å²) in [5.74, 6) is 0.825. The highest BCUT2D eigenvalue weighted by Gasteiger charge is 2.32. The van der Waals surface area contributed by atoms with E-state index in [1.54, 1.807) is 7.11 Å². The number of carbonyl (C=O) groups is 2. The molecule has 0 bridgehead atoms. The highest BCUT2D eigenvalue weighted by molar-refractivity contribution is 5.79. The van der Waals surface area contributed by atoms with Crippen molar-refractivity contribution in [1.82, 2.24) is 9.80 Å². The zero-order valence-corrected chi connectivity index (χ0v) is 16.4. The van der Waals surface area contributed by atoms with Gasteiger partial charge in [-0.1, -0.05) is 12.1 Å². The molecule has 0 saturated carbocycles. The first-order chi connectivity index (χ1) is 13.1. The summed E-state index contributed by atoms with van der Waals surface area (Å²) in [7, 11) is 1.68. The zero-order chi connectivity index (χ0) is 19.2. The number of likely N-dealkylation sites (tertiary alicyclic amines) is 2.